The number of aromatic nitrogens is 2. The topological polar surface area (TPSA) is 96.3 Å². The van der Waals surface area contributed by atoms with Crippen molar-refractivity contribution in [2.45, 2.75) is 38.6 Å². The fraction of sp³-hybridized carbons (Fsp3) is 0.500. The number of nitrogens with two attached hydrogens (primary N) is 1. The van der Waals surface area contributed by atoms with E-state index in [1.165, 1.54) is 50.5 Å². The predicted molar refractivity (Wildman–Crippen MR) is 108 cm³/mol. The predicted octanol–water partition coefficient (Wildman–Crippen LogP) is 2.61. The van der Waals surface area contributed by atoms with E-state index in [0.717, 1.165) is 18.7 Å². The lowest BCUT2D eigenvalue weighted by Gasteiger charge is -2.20. The van der Waals surface area contributed by atoms with Crippen LogP contribution in [0.3, 0.4) is 0 Å². The van der Waals surface area contributed by atoms with Crippen LogP contribution in [0.15, 0.2) is 35.3 Å². The van der Waals surface area contributed by atoms with E-state index in [0.29, 0.717) is 19.1 Å². The largest absolute Gasteiger partial charge is 0.494 e. The first kappa shape index (κ1) is 19.2. The third-order valence-corrected chi connectivity index (χ3v) is 4.71. The van der Waals surface area contributed by atoms with E-state index < -0.39 is 0 Å². The van der Waals surface area contributed by atoms with Crippen LogP contribution in [0.1, 0.15) is 37.7 Å². The highest BCUT2D eigenvalue weighted by atomic mass is 16.5. The van der Waals surface area contributed by atoms with Crippen molar-refractivity contribution in [3.63, 3.8) is 0 Å². The van der Waals surface area contributed by atoms with E-state index in [1.807, 2.05) is 6.07 Å². The second-order valence-corrected chi connectivity index (χ2v) is 6.98. The summed E-state index contributed by atoms with van der Waals surface area (Å²) in [7, 11) is 0. The summed E-state index contributed by atoms with van der Waals surface area (Å²) < 4.78 is 5.87. The molecule has 3 rings (SSSR count). The number of benzene rings is 1. The SMILES string of the molecule is Nc1cnc(NCCCOc2cccc(CN3CCCCCC3)c2)[nH]c1=O. The number of likely N-dealkylation sites (tertiary alicyclic amines) is 1. The number of nitrogens with one attached hydrogen (secondary N) is 2. The molecule has 0 unspecified atom stereocenters. The number of hydrogen-bond acceptors (Lipinski definition) is 6. The van der Waals surface area contributed by atoms with E-state index >= 15 is 0 Å². The third kappa shape index (κ3) is 6.29. The van der Waals surface area contributed by atoms with Crippen LogP contribution in [-0.4, -0.2) is 41.1 Å². The second-order valence-electron chi connectivity index (χ2n) is 6.98. The van der Waals surface area contributed by atoms with Gasteiger partial charge in [0, 0.05) is 13.1 Å². The van der Waals surface area contributed by atoms with Crippen LogP contribution in [0.5, 0.6) is 5.75 Å². The van der Waals surface area contributed by atoms with Crippen molar-refractivity contribution in [2.24, 2.45) is 0 Å². The molecule has 0 bridgehead atoms. The minimum Gasteiger partial charge on any atom is -0.494 e. The molecule has 0 saturated carbocycles. The van der Waals surface area contributed by atoms with Crippen LogP contribution in [-0.2, 0) is 6.54 Å². The quantitative estimate of drug-likeness (QED) is 0.617. The molecule has 2 heterocycles. The van der Waals surface area contributed by atoms with Crippen molar-refractivity contribution in [1.29, 1.82) is 0 Å². The van der Waals surface area contributed by atoms with E-state index in [9.17, 15) is 4.79 Å². The molecule has 7 heteroatoms. The first-order valence-electron chi connectivity index (χ1n) is 9.73. The molecule has 1 aromatic carbocycles. The molecule has 0 aliphatic carbocycles. The van der Waals surface area contributed by atoms with Crippen molar-refractivity contribution in [2.75, 3.05) is 37.3 Å². The standard InChI is InChI=1S/C20H29N5O2/c21-18-14-23-20(24-19(18)26)22-9-6-12-27-17-8-5-7-16(13-17)15-25-10-3-1-2-4-11-25/h5,7-8,13-14H,1-4,6,9-12,15,21H2,(H2,22,23,24,26). The summed E-state index contributed by atoms with van der Waals surface area (Å²) in [6.07, 6.45) is 7.47. The normalized spacial score (nSPS) is 15.3. The van der Waals surface area contributed by atoms with Gasteiger partial charge in [0.2, 0.25) is 5.95 Å². The number of hydrogen-bond donors (Lipinski definition) is 3. The summed E-state index contributed by atoms with van der Waals surface area (Å²) in [6, 6.07) is 8.36. The summed E-state index contributed by atoms with van der Waals surface area (Å²) in [5.41, 5.74) is 6.54. The first-order chi connectivity index (χ1) is 13.2. The molecule has 2 aromatic rings. The molecular formula is C20H29N5O2. The van der Waals surface area contributed by atoms with Gasteiger partial charge < -0.3 is 15.8 Å². The summed E-state index contributed by atoms with van der Waals surface area (Å²) in [5, 5.41) is 3.06. The lowest BCUT2D eigenvalue weighted by atomic mass is 10.2. The van der Waals surface area contributed by atoms with E-state index in [-0.39, 0.29) is 11.2 Å². The number of anilines is 2. The summed E-state index contributed by atoms with van der Waals surface area (Å²) in [6.45, 7) is 4.63. The van der Waals surface area contributed by atoms with Gasteiger partial charge in [0.25, 0.3) is 5.56 Å². The zero-order valence-electron chi connectivity index (χ0n) is 15.7. The summed E-state index contributed by atoms with van der Waals surface area (Å²) >= 11 is 0. The summed E-state index contributed by atoms with van der Waals surface area (Å²) in [4.78, 5) is 20.6. The molecule has 0 atom stereocenters. The van der Waals surface area contributed by atoms with Crippen LogP contribution >= 0.6 is 0 Å². The molecule has 0 amide bonds. The lowest BCUT2D eigenvalue weighted by Crippen LogP contribution is -2.23. The van der Waals surface area contributed by atoms with Gasteiger partial charge in [-0.05, 0) is 50.0 Å². The van der Waals surface area contributed by atoms with Gasteiger partial charge in [-0.2, -0.15) is 0 Å². The highest BCUT2D eigenvalue weighted by molar-refractivity contribution is 5.35. The third-order valence-electron chi connectivity index (χ3n) is 4.71. The molecule has 0 spiro atoms. The fourth-order valence-electron chi connectivity index (χ4n) is 3.25. The van der Waals surface area contributed by atoms with Crippen LogP contribution in [0, 0.1) is 0 Å². The molecule has 1 aliphatic rings. The van der Waals surface area contributed by atoms with Crippen molar-refractivity contribution in [3.8, 4) is 5.75 Å². The zero-order valence-corrected chi connectivity index (χ0v) is 15.7. The number of rotatable bonds is 8. The average molecular weight is 371 g/mol. The van der Waals surface area contributed by atoms with Gasteiger partial charge >= 0.3 is 0 Å². The van der Waals surface area contributed by atoms with Gasteiger partial charge in [0.05, 0.1) is 12.8 Å². The smallest absolute Gasteiger partial charge is 0.275 e. The Balaban J connectivity index is 1.40. The Morgan fingerprint density at radius 2 is 2.04 bits per heavy atom. The van der Waals surface area contributed by atoms with Gasteiger partial charge in [-0.3, -0.25) is 14.7 Å². The molecule has 0 radical (unpaired) electrons. The Hall–Kier alpha value is -2.54. The Bertz CT molecular complexity index is 769. The maximum Gasteiger partial charge on any atom is 0.275 e. The van der Waals surface area contributed by atoms with Gasteiger partial charge in [-0.25, -0.2) is 4.98 Å². The molecule has 1 aromatic heterocycles. The molecule has 4 N–H and O–H groups in total. The Labute approximate surface area is 159 Å². The second kappa shape index (κ2) is 9.97. The minimum absolute atomic E-state index is 0.115. The van der Waals surface area contributed by atoms with E-state index in [1.54, 1.807) is 0 Å². The van der Waals surface area contributed by atoms with E-state index in [4.69, 9.17) is 10.5 Å². The van der Waals surface area contributed by atoms with Crippen LogP contribution < -0.4 is 21.3 Å². The number of H-pyrrole nitrogens is 1. The van der Waals surface area contributed by atoms with Crippen LogP contribution in [0.2, 0.25) is 0 Å². The molecule has 1 aliphatic heterocycles. The number of aromatic amines is 1. The fourth-order valence-corrected chi connectivity index (χ4v) is 3.25. The highest BCUT2D eigenvalue weighted by Gasteiger charge is 2.09. The number of nitrogens with zero attached hydrogens (tertiary/aromatic N) is 2. The number of ether oxygens (including phenoxy) is 1. The monoisotopic (exact) mass is 371 g/mol. The number of nitrogen functional groups attached to an aromatic ring is 1. The Morgan fingerprint density at radius 3 is 2.81 bits per heavy atom. The zero-order chi connectivity index (χ0) is 18.9. The summed E-state index contributed by atoms with van der Waals surface area (Å²) in [5.74, 6) is 1.33. The molecule has 1 saturated heterocycles. The van der Waals surface area contributed by atoms with Gasteiger partial charge in [0.15, 0.2) is 0 Å². The molecule has 27 heavy (non-hydrogen) atoms. The van der Waals surface area contributed by atoms with Crippen molar-refractivity contribution >= 4 is 11.6 Å². The lowest BCUT2D eigenvalue weighted by molar-refractivity contribution is 0.275. The van der Waals surface area contributed by atoms with Gasteiger partial charge in [-0.1, -0.05) is 25.0 Å². The molecule has 1 fully saturated rings. The van der Waals surface area contributed by atoms with E-state index in [2.05, 4.69) is 38.4 Å². The van der Waals surface area contributed by atoms with Crippen LogP contribution in [0.4, 0.5) is 11.6 Å². The highest BCUT2D eigenvalue weighted by Crippen LogP contribution is 2.17. The molecular weight excluding hydrogens is 342 g/mol. The Morgan fingerprint density at radius 1 is 1.22 bits per heavy atom. The molecule has 7 nitrogen and oxygen atoms in total. The maximum atomic E-state index is 11.4. The average Bonchev–Trinajstić information content (AvgIpc) is 2.93. The van der Waals surface area contributed by atoms with Crippen molar-refractivity contribution < 1.29 is 4.74 Å². The first-order valence-corrected chi connectivity index (χ1v) is 9.73. The van der Waals surface area contributed by atoms with Gasteiger partial charge in [0.1, 0.15) is 11.4 Å². The molecule has 146 valence electrons. The maximum absolute atomic E-state index is 11.4. The van der Waals surface area contributed by atoms with Crippen molar-refractivity contribution in [3.05, 3.63) is 46.4 Å². The van der Waals surface area contributed by atoms with Gasteiger partial charge in [-0.15, -0.1) is 0 Å². The van der Waals surface area contributed by atoms with Crippen LogP contribution in [0.25, 0.3) is 0 Å². The minimum atomic E-state index is -0.329. The Kier molecular flexibility index (Phi) is 7.10. The van der Waals surface area contributed by atoms with Crippen molar-refractivity contribution in [1.82, 2.24) is 14.9 Å².